The molecule has 3 fully saturated rings. The highest BCUT2D eigenvalue weighted by Crippen LogP contribution is 2.40. The van der Waals surface area contributed by atoms with Crippen molar-refractivity contribution in [2.45, 2.75) is 83.7 Å². The zero-order valence-electron chi connectivity index (χ0n) is 20.3. The summed E-state index contributed by atoms with van der Waals surface area (Å²) in [5.41, 5.74) is 4.20. The molecule has 5 nitrogen and oxygen atoms in total. The number of benzene rings is 1. The standard InChI is InChI=1S/C28H38N4O/c1-21-7-5-8-22(17-21)18-23-19-29-20-25(30-23)26-11-6-14-32(26)27(33)28(2)12-15-31(16-13-28)24-9-3-4-10-24/h5,7-8,17,19-20,24,26H,3-4,6,9-16,18H2,1-2H3. The van der Waals surface area contributed by atoms with Gasteiger partial charge < -0.3 is 9.80 Å². The number of hydrogen-bond acceptors (Lipinski definition) is 4. The number of carbonyl (C=O) groups excluding carboxylic acids is 1. The molecule has 0 N–H and O–H groups in total. The monoisotopic (exact) mass is 446 g/mol. The van der Waals surface area contributed by atoms with Crippen LogP contribution in [0.2, 0.25) is 0 Å². The van der Waals surface area contributed by atoms with Crippen LogP contribution in [0.3, 0.4) is 0 Å². The van der Waals surface area contributed by atoms with E-state index in [-0.39, 0.29) is 11.5 Å². The smallest absolute Gasteiger partial charge is 0.229 e. The molecule has 33 heavy (non-hydrogen) atoms. The number of aromatic nitrogens is 2. The predicted octanol–water partition coefficient (Wildman–Crippen LogP) is 5.08. The van der Waals surface area contributed by atoms with Gasteiger partial charge in [0.25, 0.3) is 0 Å². The van der Waals surface area contributed by atoms with E-state index in [1.807, 2.05) is 12.4 Å². The Morgan fingerprint density at radius 1 is 1.06 bits per heavy atom. The van der Waals surface area contributed by atoms with Gasteiger partial charge in [-0.3, -0.25) is 14.8 Å². The van der Waals surface area contributed by atoms with Crippen LogP contribution in [-0.2, 0) is 11.2 Å². The molecule has 1 aromatic heterocycles. The number of nitrogens with zero attached hydrogens (tertiary/aromatic N) is 4. The Labute approximate surface area is 198 Å². The maximum Gasteiger partial charge on any atom is 0.229 e. The Morgan fingerprint density at radius 3 is 2.61 bits per heavy atom. The number of hydrogen-bond donors (Lipinski definition) is 0. The lowest BCUT2D eigenvalue weighted by Gasteiger charge is -2.43. The third kappa shape index (κ3) is 4.84. The van der Waals surface area contributed by atoms with E-state index in [4.69, 9.17) is 4.98 Å². The van der Waals surface area contributed by atoms with Crippen LogP contribution in [0.1, 0.15) is 86.8 Å². The molecule has 0 bridgehead atoms. The quantitative estimate of drug-likeness (QED) is 0.642. The number of likely N-dealkylation sites (tertiary alicyclic amines) is 2. The average Bonchev–Trinajstić information content (AvgIpc) is 3.52. The third-order valence-corrected chi connectivity index (χ3v) is 8.28. The Hall–Kier alpha value is -2.27. The van der Waals surface area contributed by atoms with Gasteiger partial charge >= 0.3 is 0 Å². The third-order valence-electron chi connectivity index (χ3n) is 8.28. The highest BCUT2D eigenvalue weighted by Gasteiger charge is 2.44. The van der Waals surface area contributed by atoms with E-state index in [0.29, 0.717) is 5.91 Å². The normalized spacial score (nSPS) is 23.8. The molecule has 2 aliphatic heterocycles. The summed E-state index contributed by atoms with van der Waals surface area (Å²) in [5, 5.41) is 0. The Kier molecular flexibility index (Phi) is 6.51. The fraction of sp³-hybridized carbons (Fsp3) is 0.607. The second kappa shape index (κ2) is 9.54. The fourth-order valence-corrected chi connectivity index (χ4v) is 6.23. The summed E-state index contributed by atoms with van der Waals surface area (Å²) in [6.07, 6.45) is 13.9. The Bertz CT molecular complexity index is 975. The van der Waals surface area contributed by atoms with Crippen LogP contribution in [-0.4, -0.2) is 51.4 Å². The molecule has 0 radical (unpaired) electrons. The second-order valence-electron chi connectivity index (χ2n) is 10.8. The van der Waals surface area contributed by atoms with E-state index < -0.39 is 0 Å². The van der Waals surface area contributed by atoms with Crippen molar-refractivity contribution in [2.75, 3.05) is 19.6 Å². The maximum absolute atomic E-state index is 13.8. The van der Waals surface area contributed by atoms with Crippen LogP contribution in [0, 0.1) is 12.3 Å². The first-order valence-corrected chi connectivity index (χ1v) is 12.9. The van der Waals surface area contributed by atoms with Gasteiger partial charge in [-0.05, 0) is 64.1 Å². The van der Waals surface area contributed by atoms with Gasteiger partial charge in [-0.2, -0.15) is 0 Å². The fourth-order valence-electron chi connectivity index (χ4n) is 6.23. The molecule has 3 heterocycles. The van der Waals surface area contributed by atoms with Crippen LogP contribution in [0.25, 0.3) is 0 Å². The van der Waals surface area contributed by atoms with Crippen molar-refractivity contribution in [3.8, 4) is 0 Å². The zero-order valence-corrected chi connectivity index (χ0v) is 20.3. The number of amides is 1. The number of rotatable bonds is 5. The van der Waals surface area contributed by atoms with E-state index in [1.165, 1.54) is 36.8 Å². The Balaban J connectivity index is 1.27. The van der Waals surface area contributed by atoms with Crippen molar-refractivity contribution in [2.24, 2.45) is 5.41 Å². The molecular weight excluding hydrogens is 408 g/mol. The van der Waals surface area contributed by atoms with Gasteiger partial charge in [0.1, 0.15) is 0 Å². The molecule has 1 amide bonds. The number of piperidine rings is 1. The number of carbonyl (C=O) groups is 1. The second-order valence-corrected chi connectivity index (χ2v) is 10.8. The molecule has 1 atom stereocenters. The zero-order chi connectivity index (χ0) is 22.8. The lowest BCUT2D eigenvalue weighted by molar-refractivity contribution is -0.145. The minimum absolute atomic E-state index is 0.0622. The van der Waals surface area contributed by atoms with Crippen LogP contribution in [0.5, 0.6) is 0 Å². The molecule has 1 saturated carbocycles. The van der Waals surface area contributed by atoms with E-state index in [2.05, 4.69) is 52.9 Å². The van der Waals surface area contributed by atoms with Crippen LogP contribution >= 0.6 is 0 Å². The summed E-state index contributed by atoms with van der Waals surface area (Å²) in [6, 6.07) is 9.39. The molecule has 2 aromatic rings. The Morgan fingerprint density at radius 2 is 1.85 bits per heavy atom. The largest absolute Gasteiger partial charge is 0.334 e. The van der Waals surface area contributed by atoms with Gasteiger partial charge in [-0.1, -0.05) is 49.6 Å². The van der Waals surface area contributed by atoms with Gasteiger partial charge in [0.2, 0.25) is 5.91 Å². The van der Waals surface area contributed by atoms with Crippen LogP contribution < -0.4 is 0 Å². The summed E-state index contributed by atoms with van der Waals surface area (Å²) in [7, 11) is 0. The van der Waals surface area contributed by atoms with E-state index in [9.17, 15) is 4.79 Å². The van der Waals surface area contributed by atoms with Crippen molar-refractivity contribution < 1.29 is 4.79 Å². The first kappa shape index (κ1) is 22.5. The highest BCUT2D eigenvalue weighted by atomic mass is 16.2. The highest BCUT2D eigenvalue weighted by molar-refractivity contribution is 5.83. The lowest BCUT2D eigenvalue weighted by atomic mass is 9.78. The van der Waals surface area contributed by atoms with E-state index in [1.54, 1.807) is 0 Å². The van der Waals surface area contributed by atoms with Crippen molar-refractivity contribution in [3.05, 3.63) is 59.2 Å². The van der Waals surface area contributed by atoms with Crippen molar-refractivity contribution in [1.29, 1.82) is 0 Å². The molecule has 1 aliphatic carbocycles. The topological polar surface area (TPSA) is 49.3 Å². The van der Waals surface area contributed by atoms with Gasteiger partial charge in [0.05, 0.1) is 23.6 Å². The van der Waals surface area contributed by atoms with Gasteiger partial charge in [-0.15, -0.1) is 0 Å². The average molecular weight is 447 g/mol. The molecule has 5 heteroatoms. The molecule has 176 valence electrons. The first-order chi connectivity index (χ1) is 16.0. The first-order valence-electron chi connectivity index (χ1n) is 12.9. The van der Waals surface area contributed by atoms with Crippen LogP contribution in [0.15, 0.2) is 36.7 Å². The molecule has 1 aromatic carbocycles. The molecule has 2 saturated heterocycles. The van der Waals surface area contributed by atoms with Crippen molar-refractivity contribution >= 4 is 5.91 Å². The van der Waals surface area contributed by atoms with Gasteiger partial charge in [0.15, 0.2) is 0 Å². The van der Waals surface area contributed by atoms with Crippen molar-refractivity contribution in [1.82, 2.24) is 19.8 Å². The van der Waals surface area contributed by atoms with Crippen molar-refractivity contribution in [3.63, 3.8) is 0 Å². The molecule has 0 spiro atoms. The van der Waals surface area contributed by atoms with E-state index >= 15 is 0 Å². The summed E-state index contributed by atoms with van der Waals surface area (Å²) < 4.78 is 0. The molecule has 1 unspecified atom stereocenters. The van der Waals surface area contributed by atoms with Gasteiger partial charge in [-0.25, -0.2) is 0 Å². The van der Waals surface area contributed by atoms with Gasteiger partial charge in [0, 0.05) is 30.6 Å². The summed E-state index contributed by atoms with van der Waals surface area (Å²) in [4.78, 5) is 28.1. The van der Waals surface area contributed by atoms with Crippen LogP contribution in [0.4, 0.5) is 0 Å². The molecular formula is C28H38N4O. The van der Waals surface area contributed by atoms with E-state index in [0.717, 1.165) is 69.2 Å². The summed E-state index contributed by atoms with van der Waals surface area (Å²) >= 11 is 0. The molecule has 5 rings (SSSR count). The molecule has 3 aliphatic rings. The predicted molar refractivity (Wildman–Crippen MR) is 131 cm³/mol. The maximum atomic E-state index is 13.8. The minimum atomic E-state index is -0.246. The minimum Gasteiger partial charge on any atom is -0.334 e. The summed E-state index contributed by atoms with van der Waals surface area (Å²) in [5.74, 6) is 0.335. The number of aryl methyl sites for hydroxylation is 1. The summed E-state index contributed by atoms with van der Waals surface area (Å²) in [6.45, 7) is 7.30. The lowest BCUT2D eigenvalue weighted by Crippen LogP contribution is -2.50. The SMILES string of the molecule is Cc1cccc(Cc2cncc(C3CCCN3C(=O)C3(C)CCN(C4CCCC4)CC3)n2)c1.